The maximum atomic E-state index is 14.7. The van der Waals surface area contributed by atoms with E-state index < -0.39 is 41.6 Å². The van der Waals surface area contributed by atoms with Gasteiger partial charge in [-0.3, -0.25) is 9.78 Å². The van der Waals surface area contributed by atoms with Gasteiger partial charge in [0, 0.05) is 24.1 Å². The van der Waals surface area contributed by atoms with Crippen LogP contribution in [0.25, 0.3) is 0 Å². The van der Waals surface area contributed by atoms with E-state index in [-0.39, 0.29) is 30.2 Å². The Labute approximate surface area is 195 Å². The molecule has 0 bridgehead atoms. The van der Waals surface area contributed by atoms with Gasteiger partial charge in [0.2, 0.25) is 5.88 Å². The van der Waals surface area contributed by atoms with Crippen molar-refractivity contribution in [1.82, 2.24) is 15.0 Å². The number of Topliss-reactive ketones (excluding diaryl/α,β-unsaturated/α-hetero) is 1. The maximum absolute atomic E-state index is 14.7. The molecule has 12 heteroatoms. The highest BCUT2D eigenvalue weighted by molar-refractivity contribution is 7.09. The first-order valence-electron chi connectivity index (χ1n) is 10.3. The summed E-state index contributed by atoms with van der Waals surface area (Å²) in [6.45, 7) is 0.275. The number of ketones is 1. The van der Waals surface area contributed by atoms with Gasteiger partial charge in [-0.05, 0) is 24.1 Å². The van der Waals surface area contributed by atoms with Crippen molar-refractivity contribution in [2.24, 2.45) is 16.6 Å². The van der Waals surface area contributed by atoms with Crippen LogP contribution in [-0.2, 0) is 23.3 Å². The van der Waals surface area contributed by atoms with E-state index in [9.17, 15) is 18.0 Å². The Balaban J connectivity index is 1.34. The Morgan fingerprint density at radius 1 is 1.29 bits per heavy atom. The van der Waals surface area contributed by atoms with Gasteiger partial charge in [-0.15, -0.1) is 11.3 Å². The van der Waals surface area contributed by atoms with Gasteiger partial charge in [0.25, 0.3) is 12.4 Å². The molecule has 0 amide bonds. The van der Waals surface area contributed by atoms with Gasteiger partial charge in [0.15, 0.2) is 11.3 Å². The number of hydrogen-bond acceptors (Lipinski definition) is 9. The number of thiazole rings is 1. The third-order valence-electron chi connectivity index (χ3n) is 5.78. The van der Waals surface area contributed by atoms with Crippen LogP contribution < -0.4 is 10.5 Å². The number of hydrogen-bond donors (Lipinski definition) is 1. The van der Waals surface area contributed by atoms with Crippen molar-refractivity contribution in [3.05, 3.63) is 69.8 Å². The molecule has 1 aliphatic heterocycles. The molecule has 0 unspecified atom stereocenters. The highest BCUT2D eigenvalue weighted by atomic mass is 32.1. The lowest BCUT2D eigenvalue weighted by atomic mass is 9.83. The zero-order chi connectivity index (χ0) is 23.9. The van der Waals surface area contributed by atoms with Crippen LogP contribution in [0, 0.1) is 11.7 Å². The summed E-state index contributed by atoms with van der Waals surface area (Å²) in [6.07, 6.45) is 0.846. The molecule has 8 nitrogen and oxygen atoms in total. The Kier molecular flexibility index (Phi) is 5.68. The van der Waals surface area contributed by atoms with Crippen molar-refractivity contribution in [1.29, 1.82) is 0 Å². The third-order valence-corrected chi connectivity index (χ3v) is 6.54. The van der Waals surface area contributed by atoms with Gasteiger partial charge in [-0.1, -0.05) is 6.07 Å². The summed E-state index contributed by atoms with van der Waals surface area (Å²) in [5, 5.41) is 0. The number of aromatic nitrogens is 3. The van der Waals surface area contributed by atoms with E-state index in [1.54, 1.807) is 11.7 Å². The fourth-order valence-corrected chi connectivity index (χ4v) is 4.56. The minimum absolute atomic E-state index is 0.0650. The fraction of sp³-hybridized carbons (Fsp3) is 0.318. The molecule has 1 aliphatic carbocycles. The lowest BCUT2D eigenvalue weighted by Gasteiger charge is -2.33. The molecule has 3 atom stereocenters. The molecule has 1 aromatic carbocycles. The number of nitrogens with two attached hydrogens (primary N) is 1. The summed E-state index contributed by atoms with van der Waals surface area (Å²) >= 11 is 1.43. The van der Waals surface area contributed by atoms with Crippen LogP contribution in [-0.4, -0.2) is 39.3 Å². The molecule has 34 heavy (non-hydrogen) atoms. The minimum Gasteiger partial charge on any atom is -0.471 e. The van der Waals surface area contributed by atoms with Gasteiger partial charge < -0.3 is 15.2 Å². The molecule has 1 saturated carbocycles. The van der Waals surface area contributed by atoms with Crippen LogP contribution in [0.1, 0.15) is 32.9 Å². The predicted molar refractivity (Wildman–Crippen MR) is 115 cm³/mol. The molecule has 0 radical (unpaired) electrons. The standard InChI is InChI=1S/C22H18F3N5O3S/c23-15-2-1-11(3-13(15)22(20(24)25)14-5-18(14)33-21(26)30-22)4-17(31)16-7-29-19(8-28-16)32-9-12-6-27-10-34-12/h1-3,6-8,10,14,18,20H,4-5,9H2,(H2,26,30)/t14-,18+,22+/m0/s1. The molecule has 3 aromatic rings. The van der Waals surface area contributed by atoms with E-state index in [0.29, 0.717) is 12.0 Å². The fourth-order valence-electron chi connectivity index (χ4n) is 4.06. The topological polar surface area (TPSA) is 113 Å². The van der Waals surface area contributed by atoms with Gasteiger partial charge >= 0.3 is 0 Å². The van der Waals surface area contributed by atoms with E-state index in [1.165, 1.54) is 35.9 Å². The van der Waals surface area contributed by atoms with E-state index >= 15 is 0 Å². The van der Waals surface area contributed by atoms with Crippen molar-refractivity contribution in [3.8, 4) is 5.88 Å². The summed E-state index contributed by atoms with van der Waals surface area (Å²) in [6, 6.07) is 3.28. The number of fused-ring (bicyclic) bond motifs is 1. The molecule has 2 N–H and O–H groups in total. The first-order valence-corrected chi connectivity index (χ1v) is 11.2. The normalized spacial score (nSPS) is 23.1. The quantitative estimate of drug-likeness (QED) is 0.483. The summed E-state index contributed by atoms with van der Waals surface area (Å²) in [5.41, 5.74) is 5.24. The van der Waals surface area contributed by atoms with Crippen LogP contribution in [0.2, 0.25) is 0 Å². The van der Waals surface area contributed by atoms with Gasteiger partial charge in [0.05, 0.1) is 22.8 Å². The van der Waals surface area contributed by atoms with E-state index in [1.807, 2.05) is 0 Å². The molecule has 2 aromatic heterocycles. The van der Waals surface area contributed by atoms with Crippen molar-refractivity contribution in [2.45, 2.75) is 37.5 Å². The van der Waals surface area contributed by atoms with Gasteiger partial charge in [-0.2, -0.15) is 0 Å². The number of carbonyl (C=O) groups is 1. The average molecular weight is 489 g/mol. The first kappa shape index (κ1) is 22.3. The highest BCUT2D eigenvalue weighted by Gasteiger charge is 2.64. The van der Waals surface area contributed by atoms with Crippen molar-refractivity contribution in [2.75, 3.05) is 0 Å². The molecular formula is C22H18F3N5O3S. The van der Waals surface area contributed by atoms with E-state index in [0.717, 1.165) is 10.9 Å². The molecule has 0 spiro atoms. The van der Waals surface area contributed by atoms with Crippen molar-refractivity contribution >= 4 is 23.1 Å². The molecule has 0 saturated heterocycles. The second-order valence-electron chi connectivity index (χ2n) is 7.99. The minimum atomic E-state index is -3.01. The molecule has 5 rings (SSSR count). The lowest BCUT2D eigenvalue weighted by Crippen LogP contribution is -2.43. The molecule has 1 fully saturated rings. The van der Waals surface area contributed by atoms with Crippen LogP contribution >= 0.6 is 11.3 Å². The lowest BCUT2D eigenvalue weighted by molar-refractivity contribution is 0.0176. The van der Waals surface area contributed by atoms with Crippen molar-refractivity contribution < 1.29 is 27.4 Å². The molecular weight excluding hydrogens is 471 g/mol. The number of halogens is 3. The smallest absolute Gasteiger partial charge is 0.283 e. The monoisotopic (exact) mass is 489 g/mol. The zero-order valence-electron chi connectivity index (χ0n) is 17.5. The van der Waals surface area contributed by atoms with Gasteiger partial charge in [0.1, 0.15) is 24.2 Å². The zero-order valence-corrected chi connectivity index (χ0v) is 18.3. The number of nitrogens with zero attached hydrogens (tertiary/aromatic N) is 4. The Hall–Kier alpha value is -3.54. The molecule has 2 aliphatic rings. The highest BCUT2D eigenvalue weighted by Crippen LogP contribution is 2.56. The summed E-state index contributed by atoms with van der Waals surface area (Å²) in [4.78, 5) is 29.6. The first-order chi connectivity index (χ1) is 16.4. The largest absolute Gasteiger partial charge is 0.471 e. The molecule has 3 heterocycles. The van der Waals surface area contributed by atoms with Crippen LogP contribution in [0.5, 0.6) is 5.88 Å². The summed E-state index contributed by atoms with van der Waals surface area (Å²) < 4.78 is 54.0. The Bertz CT molecular complexity index is 1240. The number of alkyl halides is 2. The number of aliphatic imine (C=N–C) groups is 1. The van der Waals surface area contributed by atoms with E-state index in [2.05, 4.69) is 19.9 Å². The number of ether oxygens (including phenoxy) is 2. The second-order valence-corrected chi connectivity index (χ2v) is 8.96. The second kappa shape index (κ2) is 8.67. The van der Waals surface area contributed by atoms with Crippen LogP contribution in [0.3, 0.4) is 0 Å². The summed E-state index contributed by atoms with van der Waals surface area (Å²) in [5.74, 6) is -1.71. The average Bonchev–Trinajstić information content (AvgIpc) is 3.41. The van der Waals surface area contributed by atoms with Crippen molar-refractivity contribution in [3.63, 3.8) is 0 Å². The predicted octanol–water partition coefficient (Wildman–Crippen LogP) is 3.27. The van der Waals surface area contributed by atoms with E-state index in [4.69, 9.17) is 15.2 Å². The van der Waals surface area contributed by atoms with Crippen LogP contribution in [0.15, 0.2) is 47.3 Å². The number of rotatable bonds is 8. The van der Waals surface area contributed by atoms with Gasteiger partial charge in [-0.25, -0.2) is 28.1 Å². The third kappa shape index (κ3) is 4.09. The maximum Gasteiger partial charge on any atom is 0.283 e. The number of amidine groups is 1. The Morgan fingerprint density at radius 3 is 2.85 bits per heavy atom. The molecule has 176 valence electrons. The Morgan fingerprint density at radius 2 is 2.15 bits per heavy atom. The SMILES string of the molecule is NC1=N[C@@](c2cc(CC(=O)c3cnc(OCc4cncs4)cn3)ccc2F)(C(F)F)[C@H]2C[C@H]2O1. The number of carbonyl (C=O) groups excluding carboxylic acids is 1. The summed E-state index contributed by atoms with van der Waals surface area (Å²) in [7, 11) is 0. The number of benzene rings is 1. The van der Waals surface area contributed by atoms with Crippen LogP contribution in [0.4, 0.5) is 13.2 Å².